The van der Waals surface area contributed by atoms with E-state index >= 15 is 0 Å². The van der Waals surface area contributed by atoms with Gasteiger partial charge < -0.3 is 19.1 Å². The molecule has 0 saturated heterocycles. The highest BCUT2D eigenvalue weighted by molar-refractivity contribution is 5.51. The van der Waals surface area contributed by atoms with Gasteiger partial charge in [0, 0.05) is 36.3 Å². The summed E-state index contributed by atoms with van der Waals surface area (Å²) in [6, 6.07) is 3.72. The Morgan fingerprint density at radius 2 is 1.96 bits per heavy atom. The number of aliphatic hydroxyl groups is 1. The van der Waals surface area contributed by atoms with Crippen LogP contribution in [0.1, 0.15) is 34.2 Å². The second-order valence-corrected chi connectivity index (χ2v) is 5.85. The largest absolute Gasteiger partial charge is 0.496 e. The number of fused-ring (bicyclic) bond motifs is 1. The molecule has 1 aromatic carbocycles. The van der Waals surface area contributed by atoms with Crippen LogP contribution in [0.3, 0.4) is 0 Å². The Bertz CT molecular complexity index is 691. The standard InChI is InChI=1S/C17H22N2O4/c1-10-12(11(2)23-18-10)7-19-8-13-15(21-3)5-6-16(22-4)17(13)14(20)9-19/h5-6,14,20H,7-9H2,1-4H3. The van der Waals surface area contributed by atoms with E-state index in [1.165, 1.54) is 0 Å². The Balaban J connectivity index is 1.93. The summed E-state index contributed by atoms with van der Waals surface area (Å²) in [4.78, 5) is 2.17. The first kappa shape index (κ1) is 15.8. The molecule has 3 rings (SSSR count). The number of aliphatic hydroxyl groups excluding tert-OH is 1. The number of benzene rings is 1. The number of rotatable bonds is 4. The first-order chi connectivity index (χ1) is 11.0. The maximum atomic E-state index is 10.6. The average molecular weight is 318 g/mol. The lowest BCUT2D eigenvalue weighted by Crippen LogP contribution is -2.34. The molecule has 6 nitrogen and oxygen atoms in total. The second kappa shape index (κ2) is 6.22. The highest BCUT2D eigenvalue weighted by Crippen LogP contribution is 2.39. The quantitative estimate of drug-likeness (QED) is 0.933. The summed E-state index contributed by atoms with van der Waals surface area (Å²) in [5.41, 5.74) is 3.75. The van der Waals surface area contributed by atoms with Crippen molar-refractivity contribution < 1.29 is 19.1 Å². The fraction of sp³-hybridized carbons (Fsp3) is 0.471. The van der Waals surface area contributed by atoms with Gasteiger partial charge >= 0.3 is 0 Å². The van der Waals surface area contributed by atoms with Crippen molar-refractivity contribution in [3.8, 4) is 11.5 Å². The molecule has 1 N–H and O–H groups in total. The molecule has 0 spiro atoms. The van der Waals surface area contributed by atoms with Gasteiger partial charge in [-0.1, -0.05) is 5.16 Å². The van der Waals surface area contributed by atoms with Crippen LogP contribution >= 0.6 is 0 Å². The molecule has 1 unspecified atom stereocenters. The summed E-state index contributed by atoms with van der Waals surface area (Å²) in [7, 11) is 3.26. The van der Waals surface area contributed by atoms with Crippen LogP contribution in [0.4, 0.5) is 0 Å². The SMILES string of the molecule is COc1ccc(OC)c2c1CN(Cc1c(C)noc1C)CC2O. The minimum absolute atomic E-state index is 0.528. The molecule has 124 valence electrons. The molecule has 23 heavy (non-hydrogen) atoms. The molecule has 0 radical (unpaired) electrons. The van der Waals surface area contributed by atoms with E-state index in [0.29, 0.717) is 25.4 Å². The number of nitrogens with zero attached hydrogens (tertiary/aromatic N) is 2. The Morgan fingerprint density at radius 1 is 1.26 bits per heavy atom. The van der Waals surface area contributed by atoms with Gasteiger partial charge in [0.2, 0.25) is 0 Å². The van der Waals surface area contributed by atoms with E-state index in [1.54, 1.807) is 14.2 Å². The van der Waals surface area contributed by atoms with E-state index in [9.17, 15) is 5.11 Å². The zero-order valence-corrected chi connectivity index (χ0v) is 13.9. The van der Waals surface area contributed by atoms with E-state index in [4.69, 9.17) is 14.0 Å². The Morgan fingerprint density at radius 3 is 2.57 bits per heavy atom. The zero-order valence-electron chi connectivity index (χ0n) is 13.9. The number of aromatic nitrogens is 1. The van der Waals surface area contributed by atoms with Gasteiger partial charge in [-0.2, -0.15) is 0 Å². The molecule has 0 fully saturated rings. The molecule has 2 aromatic rings. The third kappa shape index (κ3) is 2.80. The Labute approximate surface area is 135 Å². The highest BCUT2D eigenvalue weighted by Gasteiger charge is 2.30. The maximum absolute atomic E-state index is 10.6. The van der Waals surface area contributed by atoms with Crippen molar-refractivity contribution in [2.75, 3.05) is 20.8 Å². The lowest BCUT2D eigenvalue weighted by atomic mass is 9.94. The van der Waals surface area contributed by atoms with Crippen LogP contribution in [0.25, 0.3) is 0 Å². The molecule has 0 amide bonds. The number of methoxy groups -OCH3 is 2. The van der Waals surface area contributed by atoms with Gasteiger partial charge in [0.25, 0.3) is 0 Å². The van der Waals surface area contributed by atoms with Crippen LogP contribution < -0.4 is 9.47 Å². The number of hydrogen-bond donors (Lipinski definition) is 1. The molecule has 1 aliphatic rings. The molecule has 1 aromatic heterocycles. The van der Waals surface area contributed by atoms with E-state index in [0.717, 1.165) is 33.9 Å². The predicted octanol–water partition coefficient (Wildman–Crippen LogP) is 2.36. The molecule has 2 heterocycles. The van der Waals surface area contributed by atoms with Crippen molar-refractivity contribution in [2.45, 2.75) is 33.0 Å². The molecular formula is C17H22N2O4. The average Bonchev–Trinajstić information content (AvgIpc) is 2.85. The van der Waals surface area contributed by atoms with Crippen LogP contribution in [0.2, 0.25) is 0 Å². The monoisotopic (exact) mass is 318 g/mol. The van der Waals surface area contributed by atoms with Crippen molar-refractivity contribution in [1.29, 1.82) is 0 Å². The summed E-state index contributed by atoms with van der Waals surface area (Å²) in [6.07, 6.45) is -0.621. The van der Waals surface area contributed by atoms with Gasteiger partial charge in [-0.3, -0.25) is 4.90 Å². The van der Waals surface area contributed by atoms with Crippen molar-refractivity contribution in [3.63, 3.8) is 0 Å². The summed E-state index contributed by atoms with van der Waals surface area (Å²) < 4.78 is 16.1. The third-order valence-electron chi connectivity index (χ3n) is 4.42. The lowest BCUT2D eigenvalue weighted by molar-refractivity contribution is 0.0839. The van der Waals surface area contributed by atoms with Gasteiger partial charge in [-0.25, -0.2) is 0 Å². The van der Waals surface area contributed by atoms with Crippen molar-refractivity contribution in [3.05, 3.63) is 40.3 Å². The number of aryl methyl sites for hydroxylation is 2. The lowest BCUT2D eigenvalue weighted by Gasteiger charge is -2.33. The summed E-state index contributed by atoms with van der Waals surface area (Å²) >= 11 is 0. The summed E-state index contributed by atoms with van der Waals surface area (Å²) in [5.74, 6) is 2.29. The van der Waals surface area contributed by atoms with Gasteiger partial charge in [0.1, 0.15) is 17.3 Å². The minimum Gasteiger partial charge on any atom is -0.496 e. The van der Waals surface area contributed by atoms with E-state index < -0.39 is 6.10 Å². The second-order valence-electron chi connectivity index (χ2n) is 5.85. The Hall–Kier alpha value is -2.05. The zero-order chi connectivity index (χ0) is 16.6. The van der Waals surface area contributed by atoms with Crippen LogP contribution in [0.15, 0.2) is 16.7 Å². The van der Waals surface area contributed by atoms with Crippen molar-refractivity contribution in [2.24, 2.45) is 0 Å². The third-order valence-corrected chi connectivity index (χ3v) is 4.42. The van der Waals surface area contributed by atoms with Gasteiger partial charge in [-0.05, 0) is 26.0 Å². The number of ether oxygens (including phenoxy) is 2. The first-order valence-electron chi connectivity index (χ1n) is 7.61. The van der Waals surface area contributed by atoms with Gasteiger partial charge in [0.05, 0.1) is 26.0 Å². The molecule has 0 bridgehead atoms. The molecule has 6 heteroatoms. The predicted molar refractivity (Wildman–Crippen MR) is 84.6 cm³/mol. The molecule has 0 aliphatic carbocycles. The van der Waals surface area contributed by atoms with Crippen LogP contribution in [-0.4, -0.2) is 35.9 Å². The normalized spacial score (nSPS) is 17.9. The highest BCUT2D eigenvalue weighted by atomic mass is 16.5. The fourth-order valence-electron chi connectivity index (χ4n) is 3.22. The van der Waals surface area contributed by atoms with E-state index in [1.807, 2.05) is 26.0 Å². The topological polar surface area (TPSA) is 68.0 Å². The Kier molecular flexibility index (Phi) is 4.28. The number of hydrogen-bond acceptors (Lipinski definition) is 6. The van der Waals surface area contributed by atoms with Crippen molar-refractivity contribution >= 4 is 0 Å². The summed E-state index contributed by atoms with van der Waals surface area (Å²) in [5, 5.41) is 14.6. The molecule has 0 saturated carbocycles. The van der Waals surface area contributed by atoms with E-state index in [2.05, 4.69) is 10.1 Å². The molecule has 1 atom stereocenters. The van der Waals surface area contributed by atoms with Crippen LogP contribution in [-0.2, 0) is 13.1 Å². The first-order valence-corrected chi connectivity index (χ1v) is 7.61. The van der Waals surface area contributed by atoms with Crippen molar-refractivity contribution in [1.82, 2.24) is 10.1 Å². The molecular weight excluding hydrogens is 296 g/mol. The number of β-amino-alcohol motifs (C(OH)–C–C–N with tert-alkyl or cyclic N) is 1. The minimum atomic E-state index is -0.621. The fourth-order valence-corrected chi connectivity index (χ4v) is 3.22. The summed E-state index contributed by atoms with van der Waals surface area (Å²) in [6.45, 7) is 5.73. The van der Waals surface area contributed by atoms with Crippen LogP contribution in [0, 0.1) is 13.8 Å². The van der Waals surface area contributed by atoms with Gasteiger partial charge in [-0.15, -0.1) is 0 Å². The maximum Gasteiger partial charge on any atom is 0.138 e. The van der Waals surface area contributed by atoms with Crippen LogP contribution in [0.5, 0.6) is 11.5 Å². The smallest absolute Gasteiger partial charge is 0.138 e. The molecule has 1 aliphatic heterocycles. The van der Waals surface area contributed by atoms with E-state index in [-0.39, 0.29) is 0 Å². The van der Waals surface area contributed by atoms with Gasteiger partial charge in [0.15, 0.2) is 0 Å².